The van der Waals surface area contributed by atoms with Crippen LogP contribution in [-0.2, 0) is 9.59 Å². The Bertz CT molecular complexity index is 956. The fourth-order valence-corrected chi connectivity index (χ4v) is 2.93. The number of hydrogen-bond donors (Lipinski definition) is 1. The number of halogens is 2. The van der Waals surface area contributed by atoms with E-state index >= 15 is 0 Å². The zero-order valence-corrected chi connectivity index (χ0v) is 15.0. The summed E-state index contributed by atoms with van der Waals surface area (Å²) < 4.78 is 5.19. The number of benzene rings is 2. The maximum Gasteiger partial charge on any atom is 0.336 e. The minimum Gasteiger partial charge on any atom is -0.495 e. The molecule has 3 rings (SSSR count). The Labute approximate surface area is 158 Å². The highest BCUT2D eigenvalue weighted by molar-refractivity contribution is 6.40. The largest absolute Gasteiger partial charge is 0.495 e. The van der Waals surface area contributed by atoms with Gasteiger partial charge in [-0.05, 0) is 35.9 Å². The van der Waals surface area contributed by atoms with Crippen molar-refractivity contribution in [2.24, 2.45) is 0 Å². The van der Waals surface area contributed by atoms with Crippen molar-refractivity contribution in [3.05, 3.63) is 63.6 Å². The molecule has 0 bridgehead atoms. The van der Waals surface area contributed by atoms with Gasteiger partial charge >= 0.3 is 6.03 Å². The van der Waals surface area contributed by atoms with Crippen LogP contribution in [0.3, 0.4) is 0 Å². The molecule has 0 radical (unpaired) electrons. The molecule has 0 unspecified atom stereocenters. The molecular formula is C18H12Cl2N2O4. The van der Waals surface area contributed by atoms with Crippen LogP contribution in [0.5, 0.6) is 5.75 Å². The standard InChI is InChI=1S/C18H12Cl2N2O4/c1-26-15-5-3-2-4-14(15)22-17(24)12(16(23)21-18(22)25)8-10-6-7-11(19)9-13(10)20/h2-9H,1H3,(H,21,23,25)/b12-8-. The highest BCUT2D eigenvalue weighted by Crippen LogP contribution is 2.31. The second-order valence-electron chi connectivity index (χ2n) is 5.30. The van der Waals surface area contributed by atoms with Crippen molar-refractivity contribution in [2.45, 2.75) is 0 Å². The van der Waals surface area contributed by atoms with Crippen LogP contribution < -0.4 is 15.0 Å². The predicted molar refractivity (Wildman–Crippen MR) is 98.5 cm³/mol. The van der Waals surface area contributed by atoms with E-state index in [1.54, 1.807) is 36.4 Å². The molecule has 1 heterocycles. The third kappa shape index (κ3) is 3.29. The van der Waals surface area contributed by atoms with E-state index in [0.29, 0.717) is 16.3 Å². The van der Waals surface area contributed by atoms with Crippen LogP contribution in [0.15, 0.2) is 48.0 Å². The molecule has 2 aromatic carbocycles. The summed E-state index contributed by atoms with van der Waals surface area (Å²) in [6.45, 7) is 0. The first kappa shape index (κ1) is 18.0. The van der Waals surface area contributed by atoms with Crippen molar-refractivity contribution in [1.29, 1.82) is 0 Å². The minimum absolute atomic E-state index is 0.220. The number of methoxy groups -OCH3 is 1. The van der Waals surface area contributed by atoms with Crippen molar-refractivity contribution >= 4 is 52.8 Å². The Morgan fingerprint density at radius 2 is 1.81 bits per heavy atom. The van der Waals surface area contributed by atoms with E-state index in [4.69, 9.17) is 27.9 Å². The quantitative estimate of drug-likeness (QED) is 0.640. The number of amides is 4. The van der Waals surface area contributed by atoms with E-state index in [0.717, 1.165) is 4.90 Å². The molecule has 1 saturated heterocycles. The summed E-state index contributed by atoms with van der Waals surface area (Å²) >= 11 is 12.0. The lowest BCUT2D eigenvalue weighted by molar-refractivity contribution is -0.122. The number of anilines is 1. The SMILES string of the molecule is COc1ccccc1N1C(=O)NC(=O)/C(=C/c2ccc(Cl)cc2Cl)C1=O. The van der Waals surface area contributed by atoms with Crippen molar-refractivity contribution in [2.75, 3.05) is 12.0 Å². The average molecular weight is 391 g/mol. The molecule has 1 N–H and O–H groups in total. The van der Waals surface area contributed by atoms with Crippen LogP contribution in [0.4, 0.5) is 10.5 Å². The van der Waals surface area contributed by atoms with E-state index in [9.17, 15) is 14.4 Å². The summed E-state index contributed by atoms with van der Waals surface area (Å²) in [7, 11) is 1.42. The molecule has 1 aliphatic rings. The Hall–Kier alpha value is -2.83. The lowest BCUT2D eigenvalue weighted by atomic mass is 10.1. The molecular weight excluding hydrogens is 379 g/mol. The Morgan fingerprint density at radius 3 is 2.50 bits per heavy atom. The van der Waals surface area contributed by atoms with Crippen LogP contribution in [0.2, 0.25) is 10.0 Å². The molecule has 4 amide bonds. The molecule has 26 heavy (non-hydrogen) atoms. The third-order valence-electron chi connectivity index (χ3n) is 3.69. The third-order valence-corrected chi connectivity index (χ3v) is 4.25. The molecule has 0 aliphatic carbocycles. The maximum absolute atomic E-state index is 12.8. The van der Waals surface area contributed by atoms with Gasteiger partial charge in [-0.3, -0.25) is 14.9 Å². The predicted octanol–water partition coefficient (Wildman–Crippen LogP) is 3.67. The van der Waals surface area contributed by atoms with Crippen molar-refractivity contribution < 1.29 is 19.1 Å². The van der Waals surface area contributed by atoms with Gasteiger partial charge in [0.05, 0.1) is 12.8 Å². The van der Waals surface area contributed by atoms with Gasteiger partial charge in [0.1, 0.15) is 11.3 Å². The van der Waals surface area contributed by atoms with Gasteiger partial charge in [-0.1, -0.05) is 41.4 Å². The normalized spacial score (nSPS) is 16.0. The summed E-state index contributed by atoms with van der Waals surface area (Å²) in [6, 6.07) is 10.3. The smallest absolute Gasteiger partial charge is 0.336 e. The molecule has 0 atom stereocenters. The van der Waals surface area contributed by atoms with Crippen LogP contribution in [-0.4, -0.2) is 25.0 Å². The molecule has 0 spiro atoms. The summed E-state index contributed by atoms with van der Waals surface area (Å²) in [6.07, 6.45) is 1.31. The van der Waals surface area contributed by atoms with Gasteiger partial charge in [0.2, 0.25) is 0 Å². The van der Waals surface area contributed by atoms with Crippen LogP contribution in [0, 0.1) is 0 Å². The van der Waals surface area contributed by atoms with Crippen LogP contribution >= 0.6 is 23.2 Å². The van der Waals surface area contributed by atoms with E-state index < -0.39 is 17.8 Å². The molecule has 8 heteroatoms. The first-order chi connectivity index (χ1) is 12.4. The van der Waals surface area contributed by atoms with E-state index in [-0.39, 0.29) is 16.3 Å². The number of barbiturate groups is 1. The second-order valence-corrected chi connectivity index (χ2v) is 6.14. The number of rotatable bonds is 3. The highest BCUT2D eigenvalue weighted by Gasteiger charge is 2.38. The minimum atomic E-state index is -0.858. The Morgan fingerprint density at radius 1 is 1.08 bits per heavy atom. The summed E-state index contributed by atoms with van der Waals surface area (Å²) in [5.41, 5.74) is 0.404. The Kier molecular flexibility index (Phi) is 4.97. The number of nitrogens with one attached hydrogen (secondary N) is 1. The monoisotopic (exact) mass is 390 g/mol. The lowest BCUT2D eigenvalue weighted by Gasteiger charge is -2.27. The molecule has 0 aromatic heterocycles. The van der Waals surface area contributed by atoms with Crippen molar-refractivity contribution in [3.63, 3.8) is 0 Å². The van der Waals surface area contributed by atoms with Crippen LogP contribution in [0.1, 0.15) is 5.56 Å². The summed E-state index contributed by atoms with van der Waals surface area (Å²) in [4.78, 5) is 38.1. The highest BCUT2D eigenvalue weighted by atomic mass is 35.5. The topological polar surface area (TPSA) is 75.7 Å². The maximum atomic E-state index is 12.8. The van der Waals surface area contributed by atoms with E-state index in [1.165, 1.54) is 19.3 Å². The number of urea groups is 1. The van der Waals surface area contributed by atoms with E-state index in [1.807, 2.05) is 0 Å². The second kappa shape index (κ2) is 7.19. The molecule has 6 nitrogen and oxygen atoms in total. The first-order valence-corrected chi connectivity index (χ1v) is 8.17. The first-order valence-electron chi connectivity index (χ1n) is 7.42. The van der Waals surface area contributed by atoms with Crippen LogP contribution in [0.25, 0.3) is 6.08 Å². The van der Waals surface area contributed by atoms with E-state index in [2.05, 4.69) is 5.32 Å². The van der Waals surface area contributed by atoms with Gasteiger partial charge in [-0.2, -0.15) is 0 Å². The zero-order valence-electron chi connectivity index (χ0n) is 13.5. The fourth-order valence-electron chi connectivity index (χ4n) is 2.46. The number of ether oxygens (including phenoxy) is 1. The number of para-hydroxylation sites is 2. The van der Waals surface area contributed by atoms with Gasteiger partial charge in [-0.25, -0.2) is 9.69 Å². The van der Waals surface area contributed by atoms with Crippen molar-refractivity contribution in [1.82, 2.24) is 5.32 Å². The van der Waals surface area contributed by atoms with Gasteiger partial charge in [-0.15, -0.1) is 0 Å². The van der Waals surface area contributed by atoms with Gasteiger partial charge in [0, 0.05) is 10.0 Å². The average Bonchev–Trinajstić information content (AvgIpc) is 2.60. The number of imide groups is 2. The number of nitrogens with zero attached hydrogens (tertiary/aromatic N) is 1. The molecule has 2 aromatic rings. The molecule has 0 saturated carbocycles. The number of hydrogen-bond acceptors (Lipinski definition) is 4. The van der Waals surface area contributed by atoms with Gasteiger partial charge in [0.25, 0.3) is 11.8 Å². The van der Waals surface area contributed by atoms with Gasteiger partial charge < -0.3 is 4.74 Å². The molecule has 132 valence electrons. The summed E-state index contributed by atoms with van der Waals surface area (Å²) in [5.74, 6) is -1.28. The number of carbonyl (C=O) groups is 3. The number of carbonyl (C=O) groups excluding carboxylic acids is 3. The Balaban J connectivity index is 2.07. The fraction of sp³-hybridized carbons (Fsp3) is 0.0556. The van der Waals surface area contributed by atoms with Gasteiger partial charge in [0.15, 0.2) is 0 Å². The summed E-state index contributed by atoms with van der Waals surface area (Å²) in [5, 5.41) is 2.83. The lowest BCUT2D eigenvalue weighted by Crippen LogP contribution is -2.54. The van der Waals surface area contributed by atoms with Crippen molar-refractivity contribution in [3.8, 4) is 5.75 Å². The molecule has 1 aliphatic heterocycles. The molecule has 1 fully saturated rings. The zero-order chi connectivity index (χ0) is 18.8.